The van der Waals surface area contributed by atoms with E-state index < -0.39 is 37.9 Å². The van der Waals surface area contributed by atoms with Gasteiger partial charge in [-0.1, -0.05) is 5.21 Å². The Bertz CT molecular complexity index is 690. The molecule has 3 atom stereocenters. The molecule has 1 N–H and O–H groups in total. The van der Waals surface area contributed by atoms with Gasteiger partial charge in [0.25, 0.3) is 0 Å². The maximum atomic E-state index is 12.5. The van der Waals surface area contributed by atoms with Crippen LogP contribution in [0.25, 0.3) is 0 Å². The summed E-state index contributed by atoms with van der Waals surface area (Å²) in [6.45, 7) is 1.18. The van der Waals surface area contributed by atoms with Crippen LogP contribution < -0.4 is 0 Å². The molecule has 1 aromatic rings. The highest BCUT2D eigenvalue weighted by Crippen LogP contribution is 2.46. The van der Waals surface area contributed by atoms with Crippen molar-refractivity contribution in [3.05, 3.63) is 12.4 Å². The molecule has 2 saturated heterocycles. The van der Waals surface area contributed by atoms with Crippen molar-refractivity contribution < 1.29 is 23.1 Å². The number of fused-ring (bicyclic) bond motifs is 1. The molecule has 0 aromatic carbocycles. The van der Waals surface area contributed by atoms with E-state index in [1.54, 1.807) is 0 Å². The van der Waals surface area contributed by atoms with Crippen molar-refractivity contribution in [3.63, 3.8) is 0 Å². The quantitative estimate of drug-likeness (QED) is 0.695. The molecule has 0 bridgehead atoms. The highest BCUT2D eigenvalue weighted by Gasteiger charge is 2.70. The number of rotatable bonds is 3. The number of carbonyl (C=O) groups is 2. The lowest BCUT2D eigenvalue weighted by molar-refractivity contribution is -0.157. The van der Waals surface area contributed by atoms with Gasteiger partial charge in [-0.25, -0.2) is 13.2 Å². The third kappa shape index (κ3) is 1.85. The van der Waals surface area contributed by atoms with E-state index in [9.17, 15) is 23.1 Å². The summed E-state index contributed by atoms with van der Waals surface area (Å²) in [5, 5.41) is 15.6. The Labute approximate surface area is 126 Å². The maximum Gasteiger partial charge on any atom is 0.328 e. The number of β-lactam (4-membered cyclic amide) rings is 1. The van der Waals surface area contributed by atoms with Gasteiger partial charge < -0.3 is 10.0 Å². The maximum absolute atomic E-state index is 12.5. The van der Waals surface area contributed by atoms with Gasteiger partial charge in [0, 0.05) is 6.20 Å². The Kier molecular flexibility index (Phi) is 3.49. The fourth-order valence-electron chi connectivity index (χ4n) is 2.93. The van der Waals surface area contributed by atoms with E-state index in [1.165, 1.54) is 24.0 Å². The second-order valence-electron chi connectivity index (χ2n) is 5.16. The first-order valence-electron chi connectivity index (χ1n) is 5.90. The lowest BCUT2D eigenvalue weighted by atomic mass is 9.96. The van der Waals surface area contributed by atoms with Gasteiger partial charge in [-0.15, -0.1) is 17.5 Å². The van der Waals surface area contributed by atoms with Crippen LogP contribution in [0.5, 0.6) is 0 Å². The number of carboxylic acids is 1. The zero-order chi connectivity index (χ0) is 14.7. The molecule has 2 fully saturated rings. The average Bonchev–Trinajstić information content (AvgIpc) is 2.87. The zero-order valence-corrected chi connectivity index (χ0v) is 12.5. The van der Waals surface area contributed by atoms with Gasteiger partial charge in [0.1, 0.15) is 10.1 Å². The Morgan fingerprint density at radius 1 is 1.57 bits per heavy atom. The molecule has 0 spiro atoms. The van der Waals surface area contributed by atoms with Crippen molar-refractivity contribution in [3.8, 4) is 0 Å². The third-order valence-electron chi connectivity index (χ3n) is 3.99. The fourth-order valence-corrected chi connectivity index (χ4v) is 5.29. The largest absolute Gasteiger partial charge is 0.480 e. The summed E-state index contributed by atoms with van der Waals surface area (Å²) in [6.07, 6.45) is 2.68. The molecule has 0 radical (unpaired) electrons. The molecule has 1 amide bonds. The van der Waals surface area contributed by atoms with E-state index in [2.05, 4.69) is 10.3 Å². The van der Waals surface area contributed by atoms with Crippen molar-refractivity contribution in [1.82, 2.24) is 19.9 Å². The average molecular weight is 337 g/mol. The monoisotopic (exact) mass is 336 g/mol. The number of amides is 1. The zero-order valence-electron chi connectivity index (χ0n) is 10.9. The molecule has 2 aliphatic rings. The van der Waals surface area contributed by atoms with Gasteiger partial charge in [-0.2, -0.15) is 0 Å². The summed E-state index contributed by atoms with van der Waals surface area (Å²) in [6, 6.07) is -1.40. The van der Waals surface area contributed by atoms with Gasteiger partial charge in [0.2, 0.25) is 5.91 Å². The number of carboxylic acid groups (broad SMARTS) is 1. The van der Waals surface area contributed by atoms with Crippen LogP contribution in [0.3, 0.4) is 0 Å². The van der Waals surface area contributed by atoms with Crippen LogP contribution in [-0.2, 0) is 26.0 Å². The normalized spacial score (nSPS) is 33.0. The molecule has 0 aliphatic carbocycles. The summed E-state index contributed by atoms with van der Waals surface area (Å²) in [5.41, 5.74) is 0. The van der Waals surface area contributed by atoms with E-state index in [-0.39, 0.29) is 25.4 Å². The first-order valence-corrected chi connectivity index (χ1v) is 7.45. The van der Waals surface area contributed by atoms with Crippen LogP contribution >= 0.6 is 12.4 Å². The van der Waals surface area contributed by atoms with Crippen molar-refractivity contribution in [2.24, 2.45) is 0 Å². The van der Waals surface area contributed by atoms with Crippen molar-refractivity contribution in [2.75, 3.05) is 0 Å². The Hall–Kier alpha value is -1.68. The van der Waals surface area contributed by atoms with Gasteiger partial charge in [-0.05, 0) is 6.92 Å². The van der Waals surface area contributed by atoms with E-state index in [1.807, 2.05) is 0 Å². The number of halogens is 1. The second kappa shape index (κ2) is 4.67. The molecular formula is C10H13ClN4O5S. The van der Waals surface area contributed by atoms with Gasteiger partial charge in [0.05, 0.1) is 19.2 Å². The van der Waals surface area contributed by atoms with Crippen molar-refractivity contribution in [1.29, 1.82) is 0 Å². The second-order valence-corrected chi connectivity index (χ2v) is 7.73. The fraction of sp³-hybridized carbons (Fsp3) is 0.600. The SMILES string of the molecule is C[C@]1(Cn2ccnn2)[C@H](C(=O)O)N2C(=O)C[C@H]2S1(=O)=O.Cl. The van der Waals surface area contributed by atoms with Crippen LogP contribution in [-0.4, -0.2) is 61.5 Å². The van der Waals surface area contributed by atoms with Crippen LogP contribution in [0, 0.1) is 0 Å². The van der Waals surface area contributed by atoms with Crippen molar-refractivity contribution in [2.45, 2.75) is 36.1 Å². The predicted molar refractivity (Wildman–Crippen MR) is 71.3 cm³/mol. The lowest BCUT2D eigenvalue weighted by Gasteiger charge is -2.35. The molecule has 3 rings (SSSR count). The van der Waals surface area contributed by atoms with E-state index in [4.69, 9.17) is 0 Å². The summed E-state index contributed by atoms with van der Waals surface area (Å²) in [4.78, 5) is 24.0. The topological polar surface area (TPSA) is 122 Å². The number of aliphatic carboxylic acids is 1. The summed E-state index contributed by atoms with van der Waals surface area (Å²) in [5.74, 6) is -1.78. The third-order valence-corrected chi connectivity index (χ3v) is 6.76. The number of aromatic nitrogens is 3. The molecule has 0 saturated carbocycles. The van der Waals surface area contributed by atoms with Gasteiger partial charge in [-0.3, -0.25) is 9.48 Å². The minimum atomic E-state index is -3.80. The molecule has 0 unspecified atom stereocenters. The van der Waals surface area contributed by atoms with Crippen LogP contribution in [0.1, 0.15) is 13.3 Å². The first kappa shape index (κ1) is 15.7. The van der Waals surface area contributed by atoms with E-state index in [0.717, 1.165) is 4.90 Å². The molecule has 3 heterocycles. The molecule has 116 valence electrons. The van der Waals surface area contributed by atoms with Crippen molar-refractivity contribution >= 4 is 34.1 Å². The first-order chi connectivity index (χ1) is 9.29. The summed E-state index contributed by atoms with van der Waals surface area (Å²) in [7, 11) is -3.80. The Morgan fingerprint density at radius 3 is 2.71 bits per heavy atom. The minimum absolute atomic E-state index is 0. The summed E-state index contributed by atoms with van der Waals surface area (Å²) < 4.78 is 24.7. The number of carbonyl (C=O) groups excluding carboxylic acids is 1. The number of hydrogen-bond donors (Lipinski definition) is 1. The Balaban J connectivity index is 0.00000161. The van der Waals surface area contributed by atoms with E-state index in [0.29, 0.717) is 0 Å². The number of hydrogen-bond acceptors (Lipinski definition) is 6. The standard InChI is InChI=1S/C10H12N4O5S.ClH/c1-10(5-13-3-2-11-12-13)8(9(16)17)14-6(15)4-7(14)20(10,18)19;/h2-3,7-8H,4-5H2,1H3,(H,16,17);1H/t7-,8+,10+;/m1./s1. The molecule has 11 heteroatoms. The highest BCUT2D eigenvalue weighted by atomic mass is 35.5. The van der Waals surface area contributed by atoms with Crippen LogP contribution in [0.15, 0.2) is 12.4 Å². The van der Waals surface area contributed by atoms with Crippen LogP contribution in [0.4, 0.5) is 0 Å². The smallest absolute Gasteiger partial charge is 0.328 e. The number of nitrogens with zero attached hydrogens (tertiary/aromatic N) is 4. The van der Waals surface area contributed by atoms with Gasteiger partial charge in [0.15, 0.2) is 15.9 Å². The van der Waals surface area contributed by atoms with Crippen LogP contribution in [0.2, 0.25) is 0 Å². The minimum Gasteiger partial charge on any atom is -0.480 e. The molecule has 21 heavy (non-hydrogen) atoms. The molecule has 1 aromatic heterocycles. The molecule has 9 nitrogen and oxygen atoms in total. The predicted octanol–water partition coefficient (Wildman–Crippen LogP) is -1.10. The Morgan fingerprint density at radius 2 is 2.24 bits per heavy atom. The number of sulfone groups is 1. The van der Waals surface area contributed by atoms with E-state index >= 15 is 0 Å². The molecule has 2 aliphatic heterocycles. The molecular weight excluding hydrogens is 324 g/mol. The van der Waals surface area contributed by atoms with Gasteiger partial charge >= 0.3 is 5.97 Å². The lowest BCUT2D eigenvalue weighted by Crippen LogP contribution is -2.58. The highest BCUT2D eigenvalue weighted by molar-refractivity contribution is 7.93. The summed E-state index contributed by atoms with van der Waals surface area (Å²) >= 11 is 0.